The summed E-state index contributed by atoms with van der Waals surface area (Å²) in [6.07, 6.45) is 0. The van der Waals surface area contributed by atoms with Crippen LogP contribution in [0.5, 0.6) is 0 Å². The van der Waals surface area contributed by atoms with Gasteiger partial charge in [0.05, 0.1) is 10.6 Å². The molecule has 0 unspecified atom stereocenters. The molecule has 5 nitrogen and oxygen atoms in total. The van der Waals surface area contributed by atoms with Crippen molar-refractivity contribution in [3.63, 3.8) is 0 Å². The number of carbonyl (C=O) groups is 1. The van der Waals surface area contributed by atoms with E-state index in [1.807, 2.05) is 60.7 Å². The third-order valence-corrected chi connectivity index (χ3v) is 7.29. The van der Waals surface area contributed by atoms with Crippen LogP contribution in [-0.4, -0.2) is 25.8 Å². The van der Waals surface area contributed by atoms with E-state index < -0.39 is 28.3 Å². The van der Waals surface area contributed by atoms with Crippen molar-refractivity contribution in [2.24, 2.45) is 0 Å². The summed E-state index contributed by atoms with van der Waals surface area (Å²) < 4.78 is 42.7. The number of benzene rings is 4. The summed E-state index contributed by atoms with van der Waals surface area (Å²) in [4.78, 5) is 15.2. The Balaban J connectivity index is 1.70. The molecule has 1 amide bonds. The summed E-state index contributed by atoms with van der Waals surface area (Å²) in [6.45, 7) is 0.0218. The quantitative estimate of drug-likeness (QED) is 0.323. The fraction of sp³-hybridized carbons (Fsp3) is 0.107. The van der Waals surface area contributed by atoms with E-state index in [0.29, 0.717) is 0 Å². The van der Waals surface area contributed by atoms with Crippen LogP contribution in [0.4, 0.5) is 10.1 Å². The maximum atomic E-state index is 14.8. The molecule has 0 spiro atoms. The van der Waals surface area contributed by atoms with Crippen LogP contribution in [-0.2, 0) is 27.9 Å². The van der Waals surface area contributed by atoms with E-state index in [1.165, 1.54) is 30.3 Å². The van der Waals surface area contributed by atoms with Gasteiger partial charge in [0.25, 0.3) is 10.0 Å². The SMILES string of the molecule is O=C(CN(c1ccccc1F)S(=O)(=O)c1ccccc1)N(Cc1ccccc1)Cc1ccccc1. The van der Waals surface area contributed by atoms with Crippen molar-refractivity contribution in [2.75, 3.05) is 10.8 Å². The number of para-hydroxylation sites is 1. The second-order valence-electron chi connectivity index (χ2n) is 8.00. The van der Waals surface area contributed by atoms with Crippen LogP contribution in [0.2, 0.25) is 0 Å². The molecule has 7 heteroatoms. The Morgan fingerprint density at radius 2 is 1.11 bits per heavy atom. The van der Waals surface area contributed by atoms with Gasteiger partial charge in [0.2, 0.25) is 5.91 Å². The largest absolute Gasteiger partial charge is 0.332 e. The monoisotopic (exact) mass is 488 g/mol. The topological polar surface area (TPSA) is 57.7 Å². The molecule has 0 saturated heterocycles. The third kappa shape index (κ3) is 5.94. The number of sulfonamides is 1. The fourth-order valence-electron chi connectivity index (χ4n) is 3.74. The molecule has 0 aromatic heterocycles. The zero-order chi connectivity index (χ0) is 24.7. The summed E-state index contributed by atoms with van der Waals surface area (Å²) in [5.74, 6) is -1.17. The smallest absolute Gasteiger partial charge is 0.264 e. The molecule has 4 aromatic rings. The van der Waals surface area contributed by atoms with E-state index >= 15 is 0 Å². The van der Waals surface area contributed by atoms with Gasteiger partial charge in [-0.05, 0) is 35.4 Å². The minimum absolute atomic E-state index is 0.0197. The van der Waals surface area contributed by atoms with E-state index in [2.05, 4.69) is 0 Å². The summed E-state index contributed by atoms with van der Waals surface area (Å²) >= 11 is 0. The Hall–Kier alpha value is -3.97. The molecule has 0 heterocycles. The molecule has 0 bridgehead atoms. The summed E-state index contributed by atoms with van der Waals surface area (Å²) in [7, 11) is -4.21. The Labute approximate surface area is 205 Å². The molecule has 0 N–H and O–H groups in total. The van der Waals surface area contributed by atoms with Gasteiger partial charge in [-0.3, -0.25) is 9.10 Å². The number of hydrogen-bond donors (Lipinski definition) is 0. The Morgan fingerprint density at radius 3 is 1.63 bits per heavy atom. The lowest BCUT2D eigenvalue weighted by Gasteiger charge is -2.29. The zero-order valence-electron chi connectivity index (χ0n) is 19.0. The van der Waals surface area contributed by atoms with Crippen molar-refractivity contribution >= 4 is 21.6 Å². The van der Waals surface area contributed by atoms with Gasteiger partial charge in [0.1, 0.15) is 12.4 Å². The van der Waals surface area contributed by atoms with Gasteiger partial charge in [-0.2, -0.15) is 0 Å². The summed E-state index contributed by atoms with van der Waals surface area (Å²) in [5.41, 5.74) is 1.63. The average molecular weight is 489 g/mol. The van der Waals surface area contributed by atoms with Crippen molar-refractivity contribution in [2.45, 2.75) is 18.0 Å². The van der Waals surface area contributed by atoms with Crippen molar-refractivity contribution in [3.8, 4) is 0 Å². The van der Waals surface area contributed by atoms with E-state index in [4.69, 9.17) is 0 Å². The summed E-state index contributed by atoms with van der Waals surface area (Å²) in [5, 5.41) is 0. The van der Waals surface area contributed by atoms with Gasteiger partial charge >= 0.3 is 0 Å². The van der Waals surface area contributed by atoms with Gasteiger partial charge in [-0.1, -0.05) is 91.0 Å². The van der Waals surface area contributed by atoms with Crippen LogP contribution in [0, 0.1) is 5.82 Å². The molecular formula is C28H25FN2O3S. The van der Waals surface area contributed by atoms with Crippen molar-refractivity contribution in [3.05, 3.63) is 132 Å². The van der Waals surface area contributed by atoms with Crippen LogP contribution < -0.4 is 4.31 Å². The van der Waals surface area contributed by atoms with Crippen molar-refractivity contribution in [1.82, 2.24) is 4.90 Å². The molecule has 0 aliphatic rings. The van der Waals surface area contributed by atoms with Crippen LogP contribution in [0.25, 0.3) is 0 Å². The van der Waals surface area contributed by atoms with Crippen LogP contribution in [0.3, 0.4) is 0 Å². The standard InChI is InChI=1S/C28H25FN2O3S/c29-26-18-10-11-19-27(26)31(35(33,34)25-16-8-3-9-17-25)22-28(32)30(20-23-12-4-1-5-13-23)21-24-14-6-2-7-15-24/h1-19H,20-22H2. The second-order valence-corrected chi connectivity index (χ2v) is 9.86. The number of amides is 1. The lowest BCUT2D eigenvalue weighted by Crippen LogP contribution is -2.43. The normalized spacial score (nSPS) is 11.1. The second kappa shape index (κ2) is 11.0. The first-order chi connectivity index (χ1) is 16.9. The molecule has 0 aliphatic heterocycles. The minimum Gasteiger partial charge on any atom is -0.332 e. The Morgan fingerprint density at radius 1 is 0.657 bits per heavy atom. The molecule has 4 aromatic carbocycles. The predicted octanol–water partition coefficient (Wildman–Crippen LogP) is 5.25. The predicted molar refractivity (Wildman–Crippen MR) is 135 cm³/mol. The molecule has 0 atom stereocenters. The van der Waals surface area contributed by atoms with Gasteiger partial charge < -0.3 is 4.90 Å². The van der Waals surface area contributed by atoms with Crippen molar-refractivity contribution < 1.29 is 17.6 Å². The first-order valence-electron chi connectivity index (χ1n) is 11.1. The number of rotatable bonds is 9. The van der Waals surface area contributed by atoms with Gasteiger partial charge in [-0.25, -0.2) is 12.8 Å². The van der Waals surface area contributed by atoms with Gasteiger partial charge in [-0.15, -0.1) is 0 Å². The van der Waals surface area contributed by atoms with Gasteiger partial charge in [0, 0.05) is 13.1 Å². The molecule has 178 valence electrons. The molecular weight excluding hydrogens is 463 g/mol. The lowest BCUT2D eigenvalue weighted by atomic mass is 10.1. The lowest BCUT2D eigenvalue weighted by molar-refractivity contribution is -0.130. The average Bonchev–Trinajstić information content (AvgIpc) is 2.89. The highest BCUT2D eigenvalue weighted by Gasteiger charge is 2.30. The van der Waals surface area contributed by atoms with Gasteiger partial charge in [0.15, 0.2) is 0 Å². The number of carbonyl (C=O) groups excluding carboxylic acids is 1. The molecule has 4 rings (SSSR count). The third-order valence-electron chi connectivity index (χ3n) is 5.52. The minimum atomic E-state index is -4.21. The Kier molecular flexibility index (Phi) is 7.57. The molecule has 0 saturated carbocycles. The van der Waals surface area contributed by atoms with Crippen LogP contribution in [0.15, 0.2) is 120 Å². The molecule has 0 fully saturated rings. The molecule has 35 heavy (non-hydrogen) atoms. The summed E-state index contributed by atoms with van der Waals surface area (Å²) in [6, 6.07) is 32.2. The Bertz CT molecular complexity index is 1320. The van der Waals surface area contributed by atoms with Crippen LogP contribution >= 0.6 is 0 Å². The fourth-order valence-corrected chi connectivity index (χ4v) is 5.18. The number of nitrogens with zero attached hydrogens (tertiary/aromatic N) is 2. The number of halogens is 1. The van der Waals surface area contributed by atoms with Crippen molar-refractivity contribution in [1.29, 1.82) is 0 Å². The van der Waals surface area contributed by atoms with E-state index in [-0.39, 0.29) is 23.7 Å². The highest BCUT2D eigenvalue weighted by atomic mass is 32.2. The molecule has 0 aliphatic carbocycles. The first kappa shape index (κ1) is 24.2. The zero-order valence-corrected chi connectivity index (χ0v) is 19.8. The van der Waals surface area contributed by atoms with Crippen LogP contribution in [0.1, 0.15) is 11.1 Å². The highest BCUT2D eigenvalue weighted by molar-refractivity contribution is 7.92. The molecule has 0 radical (unpaired) electrons. The van der Waals surface area contributed by atoms with E-state index in [0.717, 1.165) is 15.4 Å². The maximum absolute atomic E-state index is 14.8. The van der Waals surface area contributed by atoms with E-state index in [1.54, 1.807) is 29.2 Å². The highest BCUT2D eigenvalue weighted by Crippen LogP contribution is 2.26. The maximum Gasteiger partial charge on any atom is 0.264 e. The first-order valence-corrected chi connectivity index (χ1v) is 12.6. The number of hydrogen-bond acceptors (Lipinski definition) is 3. The van der Waals surface area contributed by atoms with E-state index in [9.17, 15) is 17.6 Å². The number of anilines is 1.